The number of halogens is 2. The zero-order chi connectivity index (χ0) is 20.1. The highest BCUT2D eigenvalue weighted by molar-refractivity contribution is 5.44. The smallest absolute Gasteiger partial charge is 0.263 e. The second-order valence-electron chi connectivity index (χ2n) is 5.37. The van der Waals surface area contributed by atoms with Crippen molar-refractivity contribution in [1.82, 2.24) is 4.98 Å². The number of ether oxygens (including phenoxy) is 3. The maximum atomic E-state index is 14.5. The zero-order valence-electron chi connectivity index (χ0n) is 14.4. The van der Waals surface area contributed by atoms with Gasteiger partial charge in [-0.15, -0.1) is 0 Å². The van der Waals surface area contributed by atoms with Crippen molar-refractivity contribution in [3.63, 3.8) is 0 Å². The molecule has 0 radical (unpaired) electrons. The van der Waals surface area contributed by atoms with Gasteiger partial charge in [0.1, 0.15) is 11.5 Å². The molecule has 0 N–H and O–H groups in total. The van der Waals surface area contributed by atoms with E-state index in [-0.39, 0.29) is 22.6 Å². The van der Waals surface area contributed by atoms with Crippen molar-refractivity contribution in [3.05, 3.63) is 71.3 Å². The number of benzene rings is 2. The number of nitriles is 2. The van der Waals surface area contributed by atoms with Crippen molar-refractivity contribution >= 4 is 0 Å². The lowest BCUT2D eigenvalue weighted by atomic mass is 10.2. The molecule has 0 amide bonds. The highest BCUT2D eigenvalue weighted by Gasteiger charge is 2.24. The Hall–Kier alpha value is -4.17. The first-order valence-electron chi connectivity index (χ1n) is 7.84. The quantitative estimate of drug-likeness (QED) is 0.639. The molecule has 0 saturated carbocycles. The van der Waals surface area contributed by atoms with Crippen LogP contribution in [-0.2, 0) is 0 Å². The van der Waals surface area contributed by atoms with Crippen LogP contribution in [0.15, 0.2) is 48.5 Å². The second-order valence-corrected chi connectivity index (χ2v) is 5.37. The van der Waals surface area contributed by atoms with Crippen LogP contribution in [0.5, 0.6) is 29.0 Å². The molecule has 0 aliphatic carbocycles. The molecule has 28 heavy (non-hydrogen) atoms. The lowest BCUT2D eigenvalue weighted by molar-refractivity contribution is 0.317. The second kappa shape index (κ2) is 8.02. The molecule has 2 aromatic carbocycles. The zero-order valence-corrected chi connectivity index (χ0v) is 14.4. The maximum absolute atomic E-state index is 14.5. The van der Waals surface area contributed by atoms with Gasteiger partial charge in [-0.05, 0) is 36.4 Å². The van der Waals surface area contributed by atoms with Crippen molar-refractivity contribution in [2.45, 2.75) is 0 Å². The van der Waals surface area contributed by atoms with Gasteiger partial charge < -0.3 is 14.2 Å². The van der Waals surface area contributed by atoms with Gasteiger partial charge in [0.2, 0.25) is 17.4 Å². The van der Waals surface area contributed by atoms with E-state index in [0.717, 1.165) is 7.11 Å². The predicted molar refractivity (Wildman–Crippen MR) is 93.2 cm³/mol. The molecule has 3 aromatic rings. The molecule has 0 unspecified atom stereocenters. The summed E-state index contributed by atoms with van der Waals surface area (Å²) in [5.41, 5.74) is 0.577. The number of pyridine rings is 1. The highest BCUT2D eigenvalue weighted by Crippen LogP contribution is 2.37. The first kappa shape index (κ1) is 18.6. The Morgan fingerprint density at radius 3 is 1.68 bits per heavy atom. The summed E-state index contributed by atoms with van der Waals surface area (Å²) >= 11 is 0. The van der Waals surface area contributed by atoms with Crippen molar-refractivity contribution in [1.29, 1.82) is 10.5 Å². The van der Waals surface area contributed by atoms with Crippen LogP contribution in [0.2, 0.25) is 0 Å². The molecular weight excluding hydrogens is 368 g/mol. The molecule has 1 heterocycles. The normalized spacial score (nSPS) is 9.89. The highest BCUT2D eigenvalue weighted by atomic mass is 19.1. The number of rotatable bonds is 5. The fourth-order valence-electron chi connectivity index (χ4n) is 2.28. The van der Waals surface area contributed by atoms with E-state index in [1.807, 2.05) is 12.1 Å². The fourth-order valence-corrected chi connectivity index (χ4v) is 2.28. The third kappa shape index (κ3) is 3.81. The lowest BCUT2D eigenvalue weighted by Crippen LogP contribution is -2.03. The maximum Gasteiger partial charge on any atom is 0.263 e. The first-order valence-corrected chi connectivity index (χ1v) is 7.84. The summed E-state index contributed by atoms with van der Waals surface area (Å²) in [6, 6.07) is 15.7. The summed E-state index contributed by atoms with van der Waals surface area (Å²) in [5.74, 6) is -4.03. The van der Waals surface area contributed by atoms with E-state index in [9.17, 15) is 8.78 Å². The molecule has 0 aliphatic heterocycles. The van der Waals surface area contributed by atoms with Crippen LogP contribution in [-0.4, -0.2) is 12.1 Å². The predicted octanol–water partition coefficient (Wildman–Crippen LogP) is 4.70. The minimum Gasteiger partial charge on any atom is -0.491 e. The van der Waals surface area contributed by atoms with Gasteiger partial charge in [-0.2, -0.15) is 24.3 Å². The minimum atomic E-state index is -1.17. The largest absolute Gasteiger partial charge is 0.491 e. The Labute approximate surface area is 158 Å². The SMILES string of the molecule is COc1c(F)c(Oc2cccc(C#N)c2)nc(Oc2cccc(C#N)c2)c1F. The Balaban J connectivity index is 2.02. The molecule has 8 heteroatoms. The van der Waals surface area contributed by atoms with E-state index >= 15 is 0 Å². The molecule has 138 valence electrons. The first-order chi connectivity index (χ1) is 13.5. The molecular formula is C20H11F2N3O3. The monoisotopic (exact) mass is 379 g/mol. The Morgan fingerprint density at radius 2 is 1.29 bits per heavy atom. The van der Waals surface area contributed by atoms with E-state index < -0.39 is 29.1 Å². The molecule has 0 atom stereocenters. The van der Waals surface area contributed by atoms with Gasteiger partial charge in [0.25, 0.3) is 11.8 Å². The van der Waals surface area contributed by atoms with Gasteiger partial charge in [0.15, 0.2) is 0 Å². The summed E-state index contributed by atoms with van der Waals surface area (Å²) < 4.78 is 44.5. The van der Waals surface area contributed by atoms with Gasteiger partial charge in [-0.25, -0.2) is 0 Å². The standard InChI is InChI=1S/C20H11F2N3O3/c1-26-18-16(21)19(27-14-6-2-4-12(8-14)10-23)25-20(17(18)22)28-15-7-3-5-13(9-15)11-24/h2-9H,1H3. The van der Waals surface area contributed by atoms with Crippen LogP contribution >= 0.6 is 0 Å². The van der Waals surface area contributed by atoms with Crippen LogP contribution in [0.1, 0.15) is 11.1 Å². The fraction of sp³-hybridized carbons (Fsp3) is 0.0500. The van der Waals surface area contributed by atoms with E-state index in [2.05, 4.69) is 4.98 Å². The van der Waals surface area contributed by atoms with Crippen molar-refractivity contribution in [3.8, 4) is 41.1 Å². The average Bonchev–Trinajstić information content (AvgIpc) is 2.72. The molecule has 0 spiro atoms. The van der Waals surface area contributed by atoms with Gasteiger partial charge in [-0.3, -0.25) is 0 Å². The van der Waals surface area contributed by atoms with Crippen LogP contribution < -0.4 is 14.2 Å². The third-order valence-electron chi connectivity index (χ3n) is 3.54. The number of nitrogens with zero attached hydrogens (tertiary/aromatic N) is 3. The van der Waals surface area contributed by atoms with Crippen molar-refractivity contribution in [2.75, 3.05) is 7.11 Å². The van der Waals surface area contributed by atoms with Crippen molar-refractivity contribution in [2.24, 2.45) is 0 Å². The Morgan fingerprint density at radius 1 is 0.821 bits per heavy atom. The van der Waals surface area contributed by atoms with E-state index in [1.165, 1.54) is 36.4 Å². The van der Waals surface area contributed by atoms with Gasteiger partial charge in [0, 0.05) is 0 Å². The van der Waals surface area contributed by atoms with Gasteiger partial charge >= 0.3 is 0 Å². The third-order valence-corrected chi connectivity index (χ3v) is 3.54. The number of aromatic nitrogens is 1. The molecule has 1 aromatic heterocycles. The summed E-state index contributed by atoms with van der Waals surface area (Å²) in [6.45, 7) is 0. The average molecular weight is 379 g/mol. The van der Waals surface area contributed by atoms with Gasteiger partial charge in [-0.1, -0.05) is 12.1 Å². The van der Waals surface area contributed by atoms with Gasteiger partial charge in [0.05, 0.1) is 30.4 Å². The van der Waals surface area contributed by atoms with E-state index in [1.54, 1.807) is 12.1 Å². The Kier molecular flexibility index (Phi) is 5.33. The summed E-state index contributed by atoms with van der Waals surface area (Å²) in [4.78, 5) is 3.74. The topological polar surface area (TPSA) is 88.2 Å². The number of methoxy groups -OCH3 is 1. The molecule has 0 fully saturated rings. The molecule has 0 bridgehead atoms. The molecule has 3 rings (SSSR count). The van der Waals surface area contributed by atoms with Crippen LogP contribution in [0.4, 0.5) is 8.78 Å². The molecule has 6 nitrogen and oxygen atoms in total. The lowest BCUT2D eigenvalue weighted by Gasteiger charge is -2.13. The van der Waals surface area contributed by atoms with Crippen molar-refractivity contribution < 1.29 is 23.0 Å². The number of hydrogen-bond donors (Lipinski definition) is 0. The summed E-state index contributed by atoms with van der Waals surface area (Å²) in [6.07, 6.45) is 0. The van der Waals surface area contributed by atoms with Crippen LogP contribution in [0.3, 0.4) is 0 Å². The molecule has 0 saturated heterocycles. The summed E-state index contributed by atoms with van der Waals surface area (Å²) in [5, 5.41) is 17.9. The Bertz CT molecular complexity index is 1040. The molecule has 0 aliphatic rings. The van der Waals surface area contributed by atoms with Crippen LogP contribution in [0.25, 0.3) is 0 Å². The number of hydrogen-bond acceptors (Lipinski definition) is 6. The minimum absolute atomic E-state index is 0.122. The van der Waals surface area contributed by atoms with Crippen LogP contribution in [0, 0.1) is 34.3 Å². The van der Waals surface area contributed by atoms with E-state index in [0.29, 0.717) is 0 Å². The van der Waals surface area contributed by atoms with E-state index in [4.69, 9.17) is 24.7 Å². The summed E-state index contributed by atoms with van der Waals surface area (Å²) in [7, 11) is 1.08.